The Morgan fingerprint density at radius 1 is 0.654 bits per heavy atom. The second-order valence-corrected chi connectivity index (χ2v) is 14.7. The normalized spacial score (nSPS) is 14.4. The standard InChI is InChI=1S/C21H41N3O2.C18H37N3O5/c1-17(2)20(21(26)23-16-9-5-8-15-22)24(3)19(25)14-10-13-18-11-6-4-7-12-18;1-15(2)17(18(23)20-9-7-5-6-8-19)21(3)16(22)14-26-13-12-25-11-10-24-4/h17-18,20H,4-16,22H2,1-3H3,(H,23,26);15,17H,5-14,19H2,1-4H3,(H,20,23). The van der Waals surface area contributed by atoms with E-state index in [1.807, 2.05) is 27.7 Å². The van der Waals surface area contributed by atoms with Crippen LogP contribution in [0.1, 0.15) is 118 Å². The zero-order valence-corrected chi connectivity index (χ0v) is 34.1. The van der Waals surface area contributed by atoms with Crippen LogP contribution < -0.4 is 22.1 Å². The Bertz CT molecular complexity index is 933. The second kappa shape index (κ2) is 32.1. The first-order valence-corrected chi connectivity index (χ1v) is 20.0. The van der Waals surface area contributed by atoms with Gasteiger partial charge in [-0.3, -0.25) is 19.2 Å². The Labute approximate surface area is 316 Å². The minimum absolute atomic E-state index is 0.00497. The van der Waals surface area contributed by atoms with Gasteiger partial charge < -0.3 is 46.1 Å². The van der Waals surface area contributed by atoms with Crippen molar-refractivity contribution in [2.45, 2.75) is 130 Å². The molecule has 1 fully saturated rings. The zero-order valence-electron chi connectivity index (χ0n) is 34.1. The van der Waals surface area contributed by atoms with E-state index in [1.54, 1.807) is 26.1 Å². The van der Waals surface area contributed by atoms with E-state index < -0.39 is 6.04 Å². The van der Waals surface area contributed by atoms with Crippen molar-refractivity contribution >= 4 is 23.6 Å². The molecule has 13 heteroatoms. The van der Waals surface area contributed by atoms with E-state index in [1.165, 1.54) is 37.0 Å². The summed E-state index contributed by atoms with van der Waals surface area (Å²) in [5.41, 5.74) is 10.9. The Morgan fingerprint density at radius 3 is 1.62 bits per heavy atom. The minimum Gasteiger partial charge on any atom is -0.382 e. The van der Waals surface area contributed by atoms with Crippen LogP contribution in [0.5, 0.6) is 0 Å². The van der Waals surface area contributed by atoms with Gasteiger partial charge in [-0.25, -0.2) is 0 Å². The van der Waals surface area contributed by atoms with E-state index in [2.05, 4.69) is 10.6 Å². The number of unbranched alkanes of at least 4 members (excludes halogenated alkanes) is 4. The number of rotatable bonds is 28. The third-order valence-corrected chi connectivity index (χ3v) is 9.54. The number of ether oxygens (including phenoxy) is 3. The number of carbonyl (C=O) groups is 4. The van der Waals surface area contributed by atoms with Crippen molar-refractivity contribution in [3.8, 4) is 0 Å². The van der Waals surface area contributed by atoms with Gasteiger partial charge in [0.15, 0.2) is 0 Å². The Hall–Kier alpha value is -2.32. The van der Waals surface area contributed by atoms with Crippen molar-refractivity contribution in [3.63, 3.8) is 0 Å². The molecule has 6 N–H and O–H groups in total. The lowest BCUT2D eigenvalue weighted by molar-refractivity contribution is -0.144. The summed E-state index contributed by atoms with van der Waals surface area (Å²) >= 11 is 0. The molecule has 0 spiro atoms. The molecule has 1 aliphatic carbocycles. The number of nitrogens with two attached hydrogens (primary N) is 2. The van der Waals surface area contributed by atoms with Crippen LogP contribution in [0.15, 0.2) is 0 Å². The highest BCUT2D eigenvalue weighted by atomic mass is 16.5. The fourth-order valence-corrected chi connectivity index (χ4v) is 6.50. The summed E-state index contributed by atoms with van der Waals surface area (Å²) in [7, 11) is 5.02. The van der Waals surface area contributed by atoms with Crippen LogP contribution in [0.3, 0.4) is 0 Å². The minimum atomic E-state index is -0.515. The van der Waals surface area contributed by atoms with Gasteiger partial charge in [-0.2, -0.15) is 0 Å². The molecule has 1 saturated carbocycles. The lowest BCUT2D eigenvalue weighted by Crippen LogP contribution is -2.51. The van der Waals surface area contributed by atoms with E-state index >= 15 is 0 Å². The maximum Gasteiger partial charge on any atom is 0.249 e. The van der Waals surface area contributed by atoms with Crippen molar-refractivity contribution in [3.05, 3.63) is 0 Å². The summed E-state index contributed by atoms with van der Waals surface area (Å²) in [5.74, 6) is 0.621. The van der Waals surface area contributed by atoms with Crippen molar-refractivity contribution < 1.29 is 33.4 Å². The van der Waals surface area contributed by atoms with E-state index in [9.17, 15) is 19.2 Å². The summed E-state index contributed by atoms with van der Waals surface area (Å²) in [4.78, 5) is 53.0. The van der Waals surface area contributed by atoms with Gasteiger partial charge in [0.05, 0.1) is 26.4 Å². The van der Waals surface area contributed by atoms with Gasteiger partial charge in [0.2, 0.25) is 23.6 Å². The van der Waals surface area contributed by atoms with Crippen LogP contribution in [0, 0.1) is 17.8 Å². The Kier molecular flexibility index (Phi) is 30.7. The van der Waals surface area contributed by atoms with Crippen LogP contribution in [-0.4, -0.2) is 126 Å². The molecule has 0 aromatic carbocycles. The molecule has 52 heavy (non-hydrogen) atoms. The van der Waals surface area contributed by atoms with Crippen LogP contribution >= 0.6 is 0 Å². The van der Waals surface area contributed by atoms with Crippen molar-refractivity contribution in [1.29, 1.82) is 0 Å². The second-order valence-electron chi connectivity index (χ2n) is 14.7. The number of likely N-dealkylation sites (N-methyl/N-ethyl adjacent to an activating group) is 2. The first-order chi connectivity index (χ1) is 24.9. The highest BCUT2D eigenvalue weighted by molar-refractivity contribution is 5.88. The highest BCUT2D eigenvalue weighted by Gasteiger charge is 2.30. The van der Waals surface area contributed by atoms with Gasteiger partial charge >= 0.3 is 0 Å². The quantitative estimate of drug-likeness (QED) is 0.0867. The van der Waals surface area contributed by atoms with Crippen LogP contribution in [0.25, 0.3) is 0 Å². The molecule has 0 radical (unpaired) electrons. The van der Waals surface area contributed by atoms with E-state index in [0.29, 0.717) is 59.0 Å². The molecule has 2 unspecified atom stereocenters. The lowest BCUT2D eigenvalue weighted by atomic mass is 9.86. The SMILES string of the molecule is CC(C)C(C(=O)NCCCCCN)N(C)C(=O)CCCC1CCCCC1.COCCOCCOCC(=O)N(C)C(C(=O)NCCCCCN)C(C)C. The molecule has 0 aromatic rings. The third kappa shape index (κ3) is 23.4. The molecule has 1 aliphatic rings. The molecule has 306 valence electrons. The number of hydrogen-bond donors (Lipinski definition) is 4. The van der Waals surface area contributed by atoms with Crippen LogP contribution in [-0.2, 0) is 33.4 Å². The topological polar surface area (TPSA) is 179 Å². The third-order valence-electron chi connectivity index (χ3n) is 9.54. The molecule has 0 heterocycles. The molecule has 1 rings (SSSR count). The molecule has 0 bridgehead atoms. The van der Waals surface area contributed by atoms with Crippen molar-refractivity contribution in [2.75, 3.05) is 80.4 Å². The zero-order chi connectivity index (χ0) is 39.1. The number of methoxy groups -OCH3 is 1. The Balaban J connectivity index is 0.00000100. The largest absolute Gasteiger partial charge is 0.382 e. The smallest absolute Gasteiger partial charge is 0.249 e. The maximum absolute atomic E-state index is 12.6. The molecule has 0 aliphatic heterocycles. The molecule has 4 amide bonds. The first-order valence-electron chi connectivity index (χ1n) is 20.0. The molecule has 0 aromatic heterocycles. The molecular formula is C39H78N6O7. The number of carbonyl (C=O) groups excluding carboxylic acids is 4. The Morgan fingerprint density at radius 2 is 1.13 bits per heavy atom. The van der Waals surface area contributed by atoms with E-state index in [-0.39, 0.29) is 48.1 Å². The number of hydrogen-bond acceptors (Lipinski definition) is 9. The fraction of sp³-hybridized carbons (Fsp3) is 0.897. The molecule has 0 saturated heterocycles. The number of nitrogens with zero attached hydrogens (tertiary/aromatic N) is 2. The maximum atomic E-state index is 12.6. The highest BCUT2D eigenvalue weighted by Crippen LogP contribution is 2.28. The summed E-state index contributed by atoms with van der Waals surface area (Å²) < 4.78 is 15.5. The lowest BCUT2D eigenvalue weighted by Gasteiger charge is -2.30. The average Bonchev–Trinajstić information content (AvgIpc) is 3.11. The average molecular weight is 743 g/mol. The summed E-state index contributed by atoms with van der Waals surface area (Å²) in [6, 6.07) is -0.898. The summed E-state index contributed by atoms with van der Waals surface area (Å²) in [6.07, 6.45) is 15.1. The van der Waals surface area contributed by atoms with Crippen molar-refractivity contribution in [1.82, 2.24) is 20.4 Å². The molecule has 13 nitrogen and oxygen atoms in total. The summed E-state index contributed by atoms with van der Waals surface area (Å²) in [5, 5.41) is 5.90. The van der Waals surface area contributed by atoms with Crippen molar-refractivity contribution in [2.24, 2.45) is 29.2 Å². The van der Waals surface area contributed by atoms with Gasteiger partial charge in [0.25, 0.3) is 0 Å². The molecule has 2 atom stereocenters. The predicted octanol–water partition coefficient (Wildman–Crippen LogP) is 3.86. The van der Waals surface area contributed by atoms with Gasteiger partial charge in [-0.15, -0.1) is 0 Å². The van der Waals surface area contributed by atoms with Crippen LogP contribution in [0.2, 0.25) is 0 Å². The van der Waals surface area contributed by atoms with Gasteiger partial charge in [-0.05, 0) is 69.4 Å². The van der Waals surface area contributed by atoms with Gasteiger partial charge in [-0.1, -0.05) is 72.6 Å². The molecular weight excluding hydrogens is 664 g/mol. The van der Waals surface area contributed by atoms with Gasteiger partial charge in [0, 0.05) is 40.7 Å². The predicted molar refractivity (Wildman–Crippen MR) is 209 cm³/mol. The first kappa shape index (κ1) is 49.7. The van der Waals surface area contributed by atoms with E-state index in [4.69, 9.17) is 25.7 Å². The monoisotopic (exact) mass is 743 g/mol. The number of amides is 4. The summed E-state index contributed by atoms with van der Waals surface area (Å²) in [6.45, 7) is 12.1. The number of nitrogens with one attached hydrogen (secondary N) is 2. The van der Waals surface area contributed by atoms with Crippen LogP contribution in [0.4, 0.5) is 0 Å². The fourth-order valence-electron chi connectivity index (χ4n) is 6.50. The van der Waals surface area contributed by atoms with E-state index in [0.717, 1.165) is 57.3 Å². The van der Waals surface area contributed by atoms with Gasteiger partial charge in [0.1, 0.15) is 18.7 Å².